The highest BCUT2D eigenvalue weighted by Gasteiger charge is 2.36. The lowest BCUT2D eigenvalue weighted by Crippen LogP contribution is -2.46. The first kappa shape index (κ1) is 22.6. The number of sulfone groups is 1. The lowest BCUT2D eigenvalue weighted by atomic mass is 10.1. The molecule has 9 heteroatoms. The maximum atomic E-state index is 12.6. The van der Waals surface area contributed by atoms with Crippen LogP contribution in [0.2, 0.25) is 0 Å². The number of esters is 2. The predicted octanol–water partition coefficient (Wildman–Crippen LogP) is 1.45. The molecular weight excluding hydrogens is 398 g/mol. The van der Waals surface area contributed by atoms with Gasteiger partial charge in [0.1, 0.15) is 0 Å². The first-order valence-electron chi connectivity index (χ1n) is 9.24. The van der Waals surface area contributed by atoms with E-state index in [9.17, 15) is 22.8 Å². The summed E-state index contributed by atoms with van der Waals surface area (Å²) in [5, 5.41) is 0. The second-order valence-corrected chi connectivity index (χ2v) is 8.94. The third kappa shape index (κ3) is 6.15. The lowest BCUT2D eigenvalue weighted by Gasteiger charge is -2.29. The number of hydrogen-bond acceptors (Lipinski definition) is 7. The molecule has 0 saturated carbocycles. The minimum absolute atomic E-state index is 0.0608. The highest BCUT2D eigenvalue weighted by molar-refractivity contribution is 7.91. The van der Waals surface area contributed by atoms with Gasteiger partial charge in [-0.15, -0.1) is 0 Å². The Morgan fingerprint density at radius 1 is 1.24 bits per heavy atom. The van der Waals surface area contributed by atoms with Gasteiger partial charge in [-0.25, -0.2) is 18.0 Å². The molecule has 2 rings (SSSR count). The molecule has 0 bridgehead atoms. The van der Waals surface area contributed by atoms with Gasteiger partial charge in [0.15, 0.2) is 15.9 Å². The zero-order valence-electron chi connectivity index (χ0n) is 16.7. The second kappa shape index (κ2) is 9.69. The zero-order chi connectivity index (χ0) is 21.6. The second-order valence-electron chi connectivity index (χ2n) is 6.71. The first-order valence-corrected chi connectivity index (χ1v) is 11.1. The number of carbonyl (C=O) groups excluding carboxylic acids is 3. The Kier molecular flexibility index (Phi) is 7.55. The first-order chi connectivity index (χ1) is 13.7. The number of methoxy groups -OCH3 is 1. The van der Waals surface area contributed by atoms with Crippen LogP contribution in [0.1, 0.15) is 36.2 Å². The van der Waals surface area contributed by atoms with E-state index in [1.54, 1.807) is 31.2 Å². The average Bonchev–Trinajstić information content (AvgIpc) is 3.05. The minimum atomic E-state index is -3.12. The van der Waals surface area contributed by atoms with Crippen LogP contribution in [0.25, 0.3) is 6.08 Å². The number of likely N-dealkylation sites (N-methyl/N-ethyl adjacent to an activating group) is 1. The van der Waals surface area contributed by atoms with Crippen molar-refractivity contribution in [2.75, 3.05) is 25.2 Å². The summed E-state index contributed by atoms with van der Waals surface area (Å²) in [6.45, 7) is 3.56. The summed E-state index contributed by atoms with van der Waals surface area (Å²) in [4.78, 5) is 37.5. The van der Waals surface area contributed by atoms with Crippen molar-refractivity contribution in [3.05, 3.63) is 41.5 Å². The molecular formula is C20H25NO7S. The van der Waals surface area contributed by atoms with E-state index in [4.69, 9.17) is 4.74 Å². The third-order valence-electron chi connectivity index (χ3n) is 4.66. The topological polar surface area (TPSA) is 107 Å². The molecule has 1 aromatic carbocycles. The van der Waals surface area contributed by atoms with Crippen molar-refractivity contribution in [2.24, 2.45) is 0 Å². The summed E-state index contributed by atoms with van der Waals surface area (Å²) in [6.07, 6.45) is 2.05. The number of nitrogens with zero attached hydrogens (tertiary/aromatic N) is 1. The molecule has 1 aliphatic rings. The van der Waals surface area contributed by atoms with E-state index in [2.05, 4.69) is 4.74 Å². The fourth-order valence-corrected chi connectivity index (χ4v) is 4.86. The molecule has 1 aliphatic heterocycles. The van der Waals surface area contributed by atoms with Gasteiger partial charge in [0.25, 0.3) is 5.91 Å². The van der Waals surface area contributed by atoms with Crippen molar-refractivity contribution in [1.29, 1.82) is 0 Å². The molecule has 8 nitrogen and oxygen atoms in total. The number of ether oxygens (including phenoxy) is 2. The molecule has 1 aromatic rings. The van der Waals surface area contributed by atoms with E-state index in [-0.39, 0.29) is 17.5 Å². The molecule has 0 radical (unpaired) electrons. The summed E-state index contributed by atoms with van der Waals surface area (Å²) in [7, 11) is -1.83. The van der Waals surface area contributed by atoms with Crippen LogP contribution in [0.15, 0.2) is 30.3 Å². The predicted molar refractivity (Wildman–Crippen MR) is 107 cm³/mol. The van der Waals surface area contributed by atoms with Crippen molar-refractivity contribution in [2.45, 2.75) is 32.4 Å². The molecule has 2 atom stereocenters. The molecule has 0 unspecified atom stereocenters. The number of hydrogen-bond donors (Lipinski definition) is 0. The quantitative estimate of drug-likeness (QED) is 0.483. The van der Waals surface area contributed by atoms with Gasteiger partial charge in [0, 0.05) is 18.7 Å². The third-order valence-corrected chi connectivity index (χ3v) is 6.41. The van der Waals surface area contributed by atoms with Gasteiger partial charge >= 0.3 is 11.9 Å². The van der Waals surface area contributed by atoms with Gasteiger partial charge in [-0.2, -0.15) is 0 Å². The average molecular weight is 423 g/mol. The van der Waals surface area contributed by atoms with Crippen molar-refractivity contribution >= 4 is 33.8 Å². The molecule has 1 amide bonds. The summed E-state index contributed by atoms with van der Waals surface area (Å²) in [6, 6.07) is 6.03. The van der Waals surface area contributed by atoms with Gasteiger partial charge < -0.3 is 14.4 Å². The number of carbonyl (C=O) groups is 3. The standard InChI is InChI=1S/C20H25NO7S/c1-4-21(17-11-12-29(25,26)13-17)19(23)14(2)28-18(22)10-7-15-5-8-16(9-6-15)20(24)27-3/h5-10,14,17H,4,11-13H2,1-3H3/b10-7+/t14-,17+/m0/s1. The lowest BCUT2D eigenvalue weighted by molar-refractivity contribution is -0.156. The van der Waals surface area contributed by atoms with E-state index >= 15 is 0 Å². The van der Waals surface area contributed by atoms with Gasteiger partial charge in [0.05, 0.1) is 24.2 Å². The SMILES string of the molecule is CCN(C(=O)[C@H](C)OC(=O)/C=C/c1ccc(C(=O)OC)cc1)[C@@H]1CCS(=O)(=O)C1. The van der Waals surface area contributed by atoms with Gasteiger partial charge in [0.2, 0.25) is 0 Å². The van der Waals surface area contributed by atoms with Crippen LogP contribution in [-0.4, -0.2) is 68.5 Å². The maximum absolute atomic E-state index is 12.6. The summed E-state index contributed by atoms with van der Waals surface area (Å²) >= 11 is 0. The van der Waals surface area contributed by atoms with Crippen molar-refractivity contribution in [3.8, 4) is 0 Å². The molecule has 0 aromatic heterocycles. The molecule has 1 fully saturated rings. The maximum Gasteiger partial charge on any atom is 0.337 e. The highest BCUT2D eigenvalue weighted by atomic mass is 32.2. The normalized spacial score (nSPS) is 18.9. The Hall–Kier alpha value is -2.68. The van der Waals surface area contributed by atoms with Crippen LogP contribution in [0.5, 0.6) is 0 Å². The van der Waals surface area contributed by atoms with E-state index in [0.717, 1.165) is 0 Å². The Bertz CT molecular complexity index is 890. The van der Waals surface area contributed by atoms with Crippen LogP contribution >= 0.6 is 0 Å². The van der Waals surface area contributed by atoms with E-state index < -0.39 is 33.8 Å². The fourth-order valence-electron chi connectivity index (χ4n) is 3.13. The van der Waals surface area contributed by atoms with Crippen LogP contribution in [0.3, 0.4) is 0 Å². The van der Waals surface area contributed by atoms with Crippen LogP contribution in [0, 0.1) is 0 Å². The Balaban J connectivity index is 1.94. The Labute approximate surface area is 170 Å². The Morgan fingerprint density at radius 3 is 2.41 bits per heavy atom. The molecule has 1 saturated heterocycles. The Morgan fingerprint density at radius 2 is 1.90 bits per heavy atom. The molecule has 0 spiro atoms. The smallest absolute Gasteiger partial charge is 0.337 e. The molecule has 158 valence electrons. The highest BCUT2D eigenvalue weighted by Crippen LogP contribution is 2.19. The fraction of sp³-hybridized carbons (Fsp3) is 0.450. The number of benzene rings is 1. The molecule has 0 aliphatic carbocycles. The van der Waals surface area contributed by atoms with Crippen molar-refractivity contribution in [3.63, 3.8) is 0 Å². The monoisotopic (exact) mass is 423 g/mol. The van der Waals surface area contributed by atoms with Crippen molar-refractivity contribution < 1.29 is 32.3 Å². The number of rotatable bonds is 7. The van der Waals surface area contributed by atoms with E-state index in [1.807, 2.05) is 0 Å². The zero-order valence-corrected chi connectivity index (χ0v) is 17.5. The minimum Gasteiger partial charge on any atom is -0.465 e. The molecule has 1 heterocycles. The summed E-state index contributed by atoms with van der Waals surface area (Å²) in [5.74, 6) is -1.57. The van der Waals surface area contributed by atoms with Crippen molar-refractivity contribution in [1.82, 2.24) is 4.90 Å². The summed E-state index contributed by atoms with van der Waals surface area (Å²) in [5.41, 5.74) is 1.06. The summed E-state index contributed by atoms with van der Waals surface area (Å²) < 4.78 is 33.1. The van der Waals surface area contributed by atoms with Crippen LogP contribution in [0.4, 0.5) is 0 Å². The molecule has 29 heavy (non-hydrogen) atoms. The van der Waals surface area contributed by atoms with Crippen LogP contribution < -0.4 is 0 Å². The van der Waals surface area contributed by atoms with Crippen LogP contribution in [-0.2, 0) is 28.9 Å². The van der Waals surface area contributed by atoms with E-state index in [0.29, 0.717) is 24.1 Å². The number of amides is 1. The van der Waals surface area contributed by atoms with Gasteiger partial charge in [-0.05, 0) is 44.0 Å². The largest absolute Gasteiger partial charge is 0.465 e. The van der Waals surface area contributed by atoms with Gasteiger partial charge in [-0.1, -0.05) is 12.1 Å². The van der Waals surface area contributed by atoms with Gasteiger partial charge in [-0.3, -0.25) is 4.79 Å². The van der Waals surface area contributed by atoms with E-state index in [1.165, 1.54) is 31.1 Å². The molecule has 0 N–H and O–H groups in total.